The molecule has 148 valence electrons. The van der Waals surface area contributed by atoms with Crippen LogP contribution in [0.15, 0.2) is 47.4 Å². The third-order valence-electron chi connectivity index (χ3n) is 3.44. The molecule has 1 amide bonds. The molecule has 0 aliphatic rings. The van der Waals surface area contributed by atoms with Gasteiger partial charge in [-0.25, -0.2) is 8.42 Å². The van der Waals surface area contributed by atoms with Crippen molar-refractivity contribution in [2.24, 2.45) is 0 Å². The van der Waals surface area contributed by atoms with Crippen LogP contribution in [0.4, 0.5) is 27.6 Å². The molecule has 0 unspecified atom stereocenters. The zero-order chi connectivity index (χ0) is 21.1. The van der Waals surface area contributed by atoms with Gasteiger partial charge in [-0.1, -0.05) is 0 Å². The van der Waals surface area contributed by atoms with Crippen molar-refractivity contribution in [2.75, 3.05) is 5.43 Å². The average Bonchev–Trinajstić information content (AvgIpc) is 2.65. The molecule has 0 aromatic heterocycles. The lowest BCUT2D eigenvalue weighted by Crippen LogP contribution is -2.30. The number of nitrogens with zero attached hydrogens (tertiary/aromatic N) is 1. The minimum Gasteiger partial charge on any atom is -0.298 e. The molecular formula is C16H10F5N3O3S. The van der Waals surface area contributed by atoms with E-state index in [0.717, 1.165) is 36.4 Å². The number of anilines is 1. The Labute approximate surface area is 155 Å². The number of nitrogens with one attached hydrogen (secondary N) is 2. The van der Waals surface area contributed by atoms with Gasteiger partial charge in [0.15, 0.2) is 0 Å². The fourth-order valence-electron chi connectivity index (χ4n) is 2.05. The summed E-state index contributed by atoms with van der Waals surface area (Å²) in [4.78, 5) is 11.3. The van der Waals surface area contributed by atoms with Gasteiger partial charge in [0.05, 0.1) is 27.8 Å². The van der Waals surface area contributed by atoms with Gasteiger partial charge in [-0.2, -0.15) is 27.2 Å². The average molecular weight is 419 g/mol. The number of alkyl halides is 5. The molecule has 6 nitrogen and oxygen atoms in total. The lowest BCUT2D eigenvalue weighted by atomic mass is 10.1. The van der Waals surface area contributed by atoms with Crippen molar-refractivity contribution < 1.29 is 35.2 Å². The van der Waals surface area contributed by atoms with E-state index in [2.05, 4.69) is 5.43 Å². The van der Waals surface area contributed by atoms with Crippen LogP contribution in [-0.4, -0.2) is 20.1 Å². The Morgan fingerprint density at radius 1 is 1.07 bits per heavy atom. The number of amides is 1. The first kappa shape index (κ1) is 21.1. The third kappa shape index (κ3) is 4.55. The second-order valence-corrected chi connectivity index (χ2v) is 7.20. The SMILES string of the molecule is N#Cc1ccc(NNC(=O)c2ccc(S(=O)(=O)C(F)F)cc2)c(C(F)(F)F)c1. The number of hydrogen-bond acceptors (Lipinski definition) is 5. The molecule has 28 heavy (non-hydrogen) atoms. The monoisotopic (exact) mass is 419 g/mol. The summed E-state index contributed by atoms with van der Waals surface area (Å²) in [5, 5.41) is 8.70. The van der Waals surface area contributed by atoms with Gasteiger partial charge >= 0.3 is 11.9 Å². The molecule has 0 fully saturated rings. The molecule has 0 atom stereocenters. The Bertz CT molecular complexity index is 1030. The summed E-state index contributed by atoms with van der Waals surface area (Å²) in [5.74, 6) is -4.58. The number of rotatable bonds is 5. The lowest BCUT2D eigenvalue weighted by molar-refractivity contribution is -0.137. The highest BCUT2D eigenvalue weighted by Crippen LogP contribution is 2.35. The second-order valence-electron chi connectivity index (χ2n) is 5.28. The highest BCUT2D eigenvalue weighted by atomic mass is 32.2. The van der Waals surface area contributed by atoms with E-state index in [9.17, 15) is 35.2 Å². The van der Waals surface area contributed by atoms with Crippen LogP contribution in [0.3, 0.4) is 0 Å². The van der Waals surface area contributed by atoms with Crippen LogP contribution in [0.1, 0.15) is 21.5 Å². The molecule has 2 aromatic carbocycles. The zero-order valence-electron chi connectivity index (χ0n) is 13.6. The molecule has 0 saturated heterocycles. The van der Waals surface area contributed by atoms with Crippen LogP contribution in [-0.2, 0) is 16.0 Å². The molecule has 0 bridgehead atoms. The largest absolute Gasteiger partial charge is 0.418 e. The zero-order valence-corrected chi connectivity index (χ0v) is 14.4. The van der Waals surface area contributed by atoms with Crippen molar-refractivity contribution in [1.82, 2.24) is 5.43 Å². The minimum atomic E-state index is -4.84. The van der Waals surface area contributed by atoms with E-state index in [4.69, 9.17) is 5.26 Å². The van der Waals surface area contributed by atoms with E-state index < -0.39 is 43.8 Å². The molecule has 2 rings (SSSR count). The van der Waals surface area contributed by atoms with Crippen molar-refractivity contribution in [3.05, 3.63) is 59.2 Å². The number of hydrogen-bond donors (Lipinski definition) is 2. The first-order valence-electron chi connectivity index (χ1n) is 7.26. The van der Waals surface area contributed by atoms with Crippen molar-refractivity contribution in [2.45, 2.75) is 16.8 Å². The lowest BCUT2D eigenvalue weighted by Gasteiger charge is -2.15. The normalized spacial score (nSPS) is 11.8. The number of sulfone groups is 1. The van der Waals surface area contributed by atoms with E-state index in [1.807, 2.05) is 5.43 Å². The van der Waals surface area contributed by atoms with Crippen molar-refractivity contribution in [3.8, 4) is 6.07 Å². The smallest absolute Gasteiger partial charge is 0.298 e. The van der Waals surface area contributed by atoms with E-state index in [1.165, 1.54) is 0 Å². The van der Waals surface area contributed by atoms with Gasteiger partial charge in [-0.05, 0) is 42.5 Å². The Kier molecular flexibility index (Phi) is 5.89. The van der Waals surface area contributed by atoms with Crippen LogP contribution in [0.25, 0.3) is 0 Å². The van der Waals surface area contributed by atoms with E-state index in [1.54, 1.807) is 6.07 Å². The minimum absolute atomic E-state index is 0.192. The predicted molar refractivity (Wildman–Crippen MR) is 86.9 cm³/mol. The summed E-state index contributed by atoms with van der Waals surface area (Å²) in [7, 11) is -4.84. The van der Waals surface area contributed by atoms with Gasteiger partial charge in [0.2, 0.25) is 9.84 Å². The number of carbonyl (C=O) groups is 1. The molecule has 0 spiro atoms. The van der Waals surface area contributed by atoms with Crippen LogP contribution >= 0.6 is 0 Å². The quantitative estimate of drug-likeness (QED) is 0.572. The van der Waals surface area contributed by atoms with Gasteiger partial charge in [0.25, 0.3) is 5.91 Å². The van der Waals surface area contributed by atoms with Crippen LogP contribution in [0.2, 0.25) is 0 Å². The molecule has 2 N–H and O–H groups in total. The highest BCUT2D eigenvalue weighted by molar-refractivity contribution is 7.91. The fraction of sp³-hybridized carbons (Fsp3) is 0.125. The van der Waals surface area contributed by atoms with Crippen LogP contribution < -0.4 is 10.9 Å². The fourth-order valence-corrected chi connectivity index (χ4v) is 2.77. The molecule has 0 aliphatic carbocycles. The number of halogens is 5. The summed E-state index contributed by atoms with van der Waals surface area (Å²) in [6.07, 6.45) is -4.80. The molecule has 12 heteroatoms. The second kappa shape index (κ2) is 7.81. The summed E-state index contributed by atoms with van der Waals surface area (Å²) >= 11 is 0. The van der Waals surface area contributed by atoms with Crippen LogP contribution in [0.5, 0.6) is 0 Å². The van der Waals surface area contributed by atoms with Gasteiger partial charge in [-0.15, -0.1) is 0 Å². The van der Waals surface area contributed by atoms with Gasteiger partial charge in [0, 0.05) is 5.56 Å². The maximum Gasteiger partial charge on any atom is 0.418 e. The van der Waals surface area contributed by atoms with Gasteiger partial charge < -0.3 is 0 Å². The molecule has 0 heterocycles. The predicted octanol–water partition coefficient (Wildman–Crippen LogP) is 3.33. The number of carbonyl (C=O) groups excluding carboxylic acids is 1. The number of nitriles is 1. The Morgan fingerprint density at radius 3 is 2.18 bits per heavy atom. The number of benzene rings is 2. The van der Waals surface area contributed by atoms with E-state index in [0.29, 0.717) is 6.07 Å². The maximum atomic E-state index is 13.1. The first-order chi connectivity index (χ1) is 13.0. The van der Waals surface area contributed by atoms with Crippen LogP contribution in [0, 0.1) is 11.3 Å². The van der Waals surface area contributed by atoms with Gasteiger partial charge in [0.1, 0.15) is 0 Å². The molecule has 2 aromatic rings. The van der Waals surface area contributed by atoms with Gasteiger partial charge in [-0.3, -0.25) is 15.6 Å². The summed E-state index contributed by atoms with van der Waals surface area (Å²) in [6.45, 7) is 0. The Hall–Kier alpha value is -3.20. The van der Waals surface area contributed by atoms with Crippen molar-refractivity contribution >= 4 is 21.4 Å². The molecular weight excluding hydrogens is 409 g/mol. The standard InChI is InChI=1S/C16H10F5N3O3S/c17-15(18)28(26,27)11-4-2-10(3-5-11)14(25)24-23-13-6-1-9(8-22)7-12(13)16(19,20)21/h1-7,15,23H,(H,24,25). The summed E-state index contributed by atoms with van der Waals surface area (Å²) in [6, 6.07) is 7.62. The molecule has 0 aliphatic heterocycles. The van der Waals surface area contributed by atoms with Crippen molar-refractivity contribution in [1.29, 1.82) is 5.26 Å². The summed E-state index contributed by atoms with van der Waals surface area (Å²) in [5.41, 5.74) is 1.89. The Balaban J connectivity index is 2.18. The Morgan fingerprint density at radius 2 is 1.68 bits per heavy atom. The van der Waals surface area contributed by atoms with E-state index in [-0.39, 0.29) is 11.1 Å². The number of hydrazine groups is 1. The molecule has 0 saturated carbocycles. The maximum absolute atomic E-state index is 13.1. The highest BCUT2D eigenvalue weighted by Gasteiger charge is 2.34. The van der Waals surface area contributed by atoms with Crippen molar-refractivity contribution in [3.63, 3.8) is 0 Å². The van der Waals surface area contributed by atoms with E-state index >= 15 is 0 Å². The summed E-state index contributed by atoms with van der Waals surface area (Å²) < 4.78 is 86.7. The third-order valence-corrected chi connectivity index (χ3v) is 4.84. The topological polar surface area (TPSA) is 99.1 Å². The first-order valence-corrected chi connectivity index (χ1v) is 8.81. The molecule has 0 radical (unpaired) electrons.